The first kappa shape index (κ1) is 13.7. The van der Waals surface area contributed by atoms with E-state index >= 15 is 0 Å². The predicted molar refractivity (Wildman–Crippen MR) is 71.5 cm³/mol. The molecule has 0 aliphatic carbocycles. The molecule has 0 bridgehead atoms. The molecule has 0 radical (unpaired) electrons. The van der Waals surface area contributed by atoms with Crippen LogP contribution in [0.25, 0.3) is 0 Å². The summed E-state index contributed by atoms with van der Waals surface area (Å²) in [5.74, 6) is -0.710. The molecule has 1 saturated heterocycles. The second-order valence-corrected chi connectivity index (χ2v) is 5.33. The number of imide groups is 1. The highest BCUT2D eigenvalue weighted by Crippen LogP contribution is 2.44. The van der Waals surface area contributed by atoms with Crippen molar-refractivity contribution in [3.05, 3.63) is 35.9 Å². The van der Waals surface area contributed by atoms with Crippen molar-refractivity contribution in [3.8, 4) is 0 Å². The van der Waals surface area contributed by atoms with E-state index in [1.54, 1.807) is 7.11 Å². The van der Waals surface area contributed by atoms with E-state index in [1.807, 2.05) is 37.3 Å². The lowest BCUT2D eigenvalue weighted by molar-refractivity contribution is -0.140. The molecule has 1 aromatic carbocycles. The Morgan fingerprint density at radius 1 is 1.32 bits per heavy atom. The fraction of sp³-hybridized carbons (Fsp3) is 0.467. The van der Waals surface area contributed by atoms with Crippen LogP contribution < -0.4 is 5.32 Å². The molecular weight excluding hydrogens is 242 g/mol. The fourth-order valence-electron chi connectivity index (χ4n) is 2.81. The van der Waals surface area contributed by atoms with E-state index < -0.39 is 5.41 Å². The summed E-state index contributed by atoms with van der Waals surface area (Å²) >= 11 is 0. The van der Waals surface area contributed by atoms with Crippen molar-refractivity contribution in [2.45, 2.75) is 25.7 Å². The molecule has 2 rings (SSSR count). The number of benzene rings is 1. The molecule has 4 heteroatoms. The van der Waals surface area contributed by atoms with Crippen molar-refractivity contribution in [1.82, 2.24) is 5.32 Å². The number of amides is 2. The van der Waals surface area contributed by atoms with Gasteiger partial charge in [0.1, 0.15) is 0 Å². The van der Waals surface area contributed by atoms with Crippen molar-refractivity contribution in [1.29, 1.82) is 0 Å². The van der Waals surface area contributed by atoms with Gasteiger partial charge < -0.3 is 4.74 Å². The second kappa shape index (κ2) is 5.53. The summed E-state index contributed by atoms with van der Waals surface area (Å²) in [5, 5.41) is 2.44. The van der Waals surface area contributed by atoms with Crippen LogP contribution in [0.5, 0.6) is 0 Å². The zero-order valence-electron chi connectivity index (χ0n) is 11.3. The van der Waals surface area contributed by atoms with E-state index in [0.29, 0.717) is 19.4 Å². The van der Waals surface area contributed by atoms with Crippen LogP contribution in [-0.4, -0.2) is 25.5 Å². The normalized spacial score (nSPS) is 27.2. The van der Waals surface area contributed by atoms with Gasteiger partial charge in [-0.1, -0.05) is 37.3 Å². The molecular formula is C15H19NO3. The van der Waals surface area contributed by atoms with E-state index in [2.05, 4.69) is 5.32 Å². The van der Waals surface area contributed by atoms with Crippen LogP contribution in [0.1, 0.15) is 31.2 Å². The standard InChI is InChI=1S/C15H19NO3/c1-15(8-9-19-2)10-12(17)16-14(18)13(15)11-6-4-3-5-7-11/h3-7,13H,8-10H2,1-2H3,(H,16,17,18). The third-order valence-corrected chi connectivity index (χ3v) is 3.80. The molecule has 4 nitrogen and oxygen atoms in total. The van der Waals surface area contributed by atoms with E-state index in [0.717, 1.165) is 5.56 Å². The van der Waals surface area contributed by atoms with Gasteiger partial charge in [-0.3, -0.25) is 14.9 Å². The zero-order chi connectivity index (χ0) is 13.9. The molecule has 2 unspecified atom stereocenters. The highest BCUT2D eigenvalue weighted by molar-refractivity contribution is 6.02. The predicted octanol–water partition coefficient (Wildman–Crippen LogP) is 1.86. The molecule has 1 aliphatic rings. The molecule has 19 heavy (non-hydrogen) atoms. The molecule has 0 saturated carbocycles. The van der Waals surface area contributed by atoms with Gasteiger partial charge in [0.15, 0.2) is 0 Å². The third kappa shape index (κ3) is 2.84. The van der Waals surface area contributed by atoms with Crippen LogP contribution in [-0.2, 0) is 14.3 Å². The SMILES string of the molecule is COCCC1(C)CC(=O)NC(=O)C1c1ccccc1. The monoisotopic (exact) mass is 261 g/mol. The average molecular weight is 261 g/mol. The van der Waals surface area contributed by atoms with Crippen molar-refractivity contribution in [3.63, 3.8) is 0 Å². The van der Waals surface area contributed by atoms with Gasteiger partial charge in [0.05, 0.1) is 5.92 Å². The fourth-order valence-corrected chi connectivity index (χ4v) is 2.81. The Bertz CT molecular complexity index is 472. The minimum Gasteiger partial charge on any atom is -0.385 e. The number of piperidine rings is 1. The first-order valence-electron chi connectivity index (χ1n) is 6.44. The minimum atomic E-state index is -0.392. The lowest BCUT2D eigenvalue weighted by Gasteiger charge is -2.40. The summed E-state index contributed by atoms with van der Waals surface area (Å²) < 4.78 is 5.12. The van der Waals surface area contributed by atoms with Gasteiger partial charge in [0.25, 0.3) is 0 Å². The number of nitrogens with one attached hydrogen (secondary N) is 1. The molecule has 1 fully saturated rings. The Kier molecular flexibility index (Phi) is 4.00. The largest absolute Gasteiger partial charge is 0.385 e. The highest BCUT2D eigenvalue weighted by Gasteiger charge is 2.45. The Labute approximate surface area is 113 Å². The molecule has 1 aromatic rings. The topological polar surface area (TPSA) is 55.4 Å². The number of methoxy groups -OCH3 is 1. The Morgan fingerprint density at radius 2 is 2.00 bits per heavy atom. The molecule has 102 valence electrons. The summed E-state index contributed by atoms with van der Waals surface area (Å²) in [6.45, 7) is 2.53. The maximum Gasteiger partial charge on any atom is 0.234 e. The second-order valence-electron chi connectivity index (χ2n) is 5.33. The van der Waals surface area contributed by atoms with Gasteiger partial charge in [-0.2, -0.15) is 0 Å². The quantitative estimate of drug-likeness (QED) is 0.842. The number of rotatable bonds is 4. The van der Waals surface area contributed by atoms with Crippen molar-refractivity contribution in [2.75, 3.05) is 13.7 Å². The molecule has 1 N–H and O–H groups in total. The molecule has 0 spiro atoms. The van der Waals surface area contributed by atoms with Crippen LogP contribution in [0.2, 0.25) is 0 Å². The molecule has 1 aliphatic heterocycles. The van der Waals surface area contributed by atoms with Crippen LogP contribution >= 0.6 is 0 Å². The Morgan fingerprint density at radius 3 is 2.63 bits per heavy atom. The maximum absolute atomic E-state index is 12.2. The number of hydrogen-bond acceptors (Lipinski definition) is 3. The lowest BCUT2D eigenvalue weighted by Crippen LogP contribution is -2.49. The summed E-state index contributed by atoms with van der Waals surface area (Å²) in [4.78, 5) is 23.9. The summed E-state index contributed by atoms with van der Waals surface area (Å²) in [6, 6.07) is 9.61. The number of carbonyl (C=O) groups is 2. The van der Waals surface area contributed by atoms with Crippen LogP contribution in [0.3, 0.4) is 0 Å². The average Bonchev–Trinajstić information content (AvgIpc) is 2.36. The van der Waals surface area contributed by atoms with Crippen LogP contribution in [0.15, 0.2) is 30.3 Å². The number of ether oxygens (including phenoxy) is 1. The van der Waals surface area contributed by atoms with Crippen LogP contribution in [0, 0.1) is 5.41 Å². The molecule has 0 aromatic heterocycles. The zero-order valence-corrected chi connectivity index (χ0v) is 11.3. The minimum absolute atomic E-state index is 0.198. The van der Waals surface area contributed by atoms with Gasteiger partial charge in [-0.25, -0.2) is 0 Å². The van der Waals surface area contributed by atoms with Gasteiger partial charge in [0, 0.05) is 20.1 Å². The summed E-state index contributed by atoms with van der Waals surface area (Å²) in [5.41, 5.74) is 0.558. The molecule has 2 atom stereocenters. The van der Waals surface area contributed by atoms with Gasteiger partial charge in [-0.15, -0.1) is 0 Å². The Hall–Kier alpha value is -1.68. The maximum atomic E-state index is 12.2. The summed E-state index contributed by atoms with van der Waals surface area (Å²) in [6.07, 6.45) is 1.03. The lowest BCUT2D eigenvalue weighted by atomic mass is 9.67. The van der Waals surface area contributed by atoms with Gasteiger partial charge in [-0.05, 0) is 17.4 Å². The Balaban J connectivity index is 2.35. The van der Waals surface area contributed by atoms with E-state index in [-0.39, 0.29) is 17.7 Å². The van der Waals surface area contributed by atoms with Gasteiger partial charge in [0.2, 0.25) is 11.8 Å². The molecule has 1 heterocycles. The van der Waals surface area contributed by atoms with Gasteiger partial charge >= 0.3 is 0 Å². The van der Waals surface area contributed by atoms with Crippen LogP contribution in [0.4, 0.5) is 0 Å². The highest BCUT2D eigenvalue weighted by atomic mass is 16.5. The van der Waals surface area contributed by atoms with E-state index in [4.69, 9.17) is 4.74 Å². The first-order valence-corrected chi connectivity index (χ1v) is 6.44. The molecule has 2 amide bonds. The number of hydrogen-bond donors (Lipinski definition) is 1. The van der Waals surface area contributed by atoms with E-state index in [1.165, 1.54) is 0 Å². The van der Waals surface area contributed by atoms with E-state index in [9.17, 15) is 9.59 Å². The van der Waals surface area contributed by atoms with Crippen molar-refractivity contribution in [2.24, 2.45) is 5.41 Å². The summed E-state index contributed by atoms with van der Waals surface area (Å²) in [7, 11) is 1.63. The third-order valence-electron chi connectivity index (χ3n) is 3.80. The number of carbonyl (C=O) groups excluding carboxylic acids is 2. The smallest absolute Gasteiger partial charge is 0.234 e. The van der Waals surface area contributed by atoms with Crippen molar-refractivity contribution < 1.29 is 14.3 Å². The van der Waals surface area contributed by atoms with Crippen molar-refractivity contribution >= 4 is 11.8 Å². The first-order chi connectivity index (χ1) is 9.07.